The number of benzene rings is 1. The standard InChI is InChI=1S/C15H21NO2/c1-11-5-4-6-12(10-9-11)16-15(18)13-7-2-3-8-14(13)17/h2-3,7-8,11-12,17H,4-6,9-10H2,1H3,(H,16,18). The molecule has 3 nitrogen and oxygen atoms in total. The Morgan fingerprint density at radius 2 is 2.00 bits per heavy atom. The number of phenols is 1. The predicted octanol–water partition coefficient (Wildman–Crippen LogP) is 3.09. The molecule has 2 atom stereocenters. The molecule has 0 bridgehead atoms. The SMILES string of the molecule is CC1CCCC(NC(=O)c2ccccc2O)CC1. The molecule has 0 aliphatic heterocycles. The highest BCUT2D eigenvalue weighted by Crippen LogP contribution is 2.23. The molecule has 0 heterocycles. The zero-order chi connectivity index (χ0) is 13.0. The second-order valence-corrected chi connectivity index (χ2v) is 5.30. The van der Waals surface area contributed by atoms with Gasteiger partial charge in [0.05, 0.1) is 5.56 Å². The van der Waals surface area contributed by atoms with E-state index in [1.54, 1.807) is 24.3 Å². The lowest BCUT2D eigenvalue weighted by Gasteiger charge is -2.16. The van der Waals surface area contributed by atoms with Gasteiger partial charge in [0.25, 0.3) is 5.91 Å². The Bertz CT molecular complexity index is 417. The van der Waals surface area contributed by atoms with Crippen molar-refractivity contribution in [3.8, 4) is 5.75 Å². The van der Waals surface area contributed by atoms with Crippen LogP contribution in [0.2, 0.25) is 0 Å². The molecule has 1 saturated carbocycles. The fourth-order valence-corrected chi connectivity index (χ4v) is 2.56. The summed E-state index contributed by atoms with van der Waals surface area (Å²) >= 11 is 0. The van der Waals surface area contributed by atoms with E-state index < -0.39 is 0 Å². The minimum absolute atomic E-state index is 0.0528. The quantitative estimate of drug-likeness (QED) is 0.789. The van der Waals surface area contributed by atoms with Crippen LogP contribution in [0.5, 0.6) is 5.75 Å². The molecule has 2 rings (SSSR count). The maximum absolute atomic E-state index is 12.1. The average Bonchev–Trinajstić information content (AvgIpc) is 2.55. The van der Waals surface area contributed by atoms with Crippen LogP contribution in [0.1, 0.15) is 49.4 Å². The minimum Gasteiger partial charge on any atom is -0.507 e. The van der Waals surface area contributed by atoms with E-state index in [-0.39, 0.29) is 17.7 Å². The molecule has 2 N–H and O–H groups in total. The lowest BCUT2D eigenvalue weighted by atomic mass is 10.0. The molecule has 1 fully saturated rings. The summed E-state index contributed by atoms with van der Waals surface area (Å²) in [7, 11) is 0. The van der Waals surface area contributed by atoms with Crippen molar-refractivity contribution in [1.29, 1.82) is 0 Å². The topological polar surface area (TPSA) is 49.3 Å². The molecule has 1 aliphatic carbocycles. The van der Waals surface area contributed by atoms with E-state index >= 15 is 0 Å². The highest BCUT2D eigenvalue weighted by atomic mass is 16.3. The number of phenolic OH excluding ortho intramolecular Hbond substituents is 1. The van der Waals surface area contributed by atoms with Crippen LogP contribution in [0.15, 0.2) is 24.3 Å². The summed E-state index contributed by atoms with van der Waals surface area (Å²) in [4.78, 5) is 12.1. The van der Waals surface area contributed by atoms with Crippen molar-refractivity contribution in [3.05, 3.63) is 29.8 Å². The molecule has 2 unspecified atom stereocenters. The highest BCUT2D eigenvalue weighted by Gasteiger charge is 2.19. The fraction of sp³-hybridized carbons (Fsp3) is 0.533. The van der Waals surface area contributed by atoms with E-state index in [4.69, 9.17) is 0 Å². The van der Waals surface area contributed by atoms with E-state index in [0.717, 1.165) is 18.8 Å². The molecular weight excluding hydrogens is 226 g/mol. The summed E-state index contributed by atoms with van der Waals surface area (Å²) in [6, 6.07) is 6.94. The number of carbonyl (C=O) groups excluding carboxylic acids is 1. The van der Waals surface area contributed by atoms with Crippen molar-refractivity contribution in [2.24, 2.45) is 5.92 Å². The van der Waals surface area contributed by atoms with Crippen molar-refractivity contribution in [2.75, 3.05) is 0 Å². The molecule has 18 heavy (non-hydrogen) atoms. The van der Waals surface area contributed by atoms with Gasteiger partial charge < -0.3 is 10.4 Å². The van der Waals surface area contributed by atoms with E-state index in [2.05, 4.69) is 12.2 Å². The largest absolute Gasteiger partial charge is 0.507 e. The number of carbonyl (C=O) groups is 1. The van der Waals surface area contributed by atoms with Crippen LogP contribution in [-0.2, 0) is 0 Å². The number of amides is 1. The van der Waals surface area contributed by atoms with E-state index in [1.165, 1.54) is 19.3 Å². The van der Waals surface area contributed by atoms with Gasteiger partial charge >= 0.3 is 0 Å². The Morgan fingerprint density at radius 3 is 2.78 bits per heavy atom. The monoisotopic (exact) mass is 247 g/mol. The van der Waals surface area contributed by atoms with Crippen LogP contribution >= 0.6 is 0 Å². The lowest BCUT2D eigenvalue weighted by Crippen LogP contribution is -2.34. The molecule has 0 spiro atoms. The highest BCUT2D eigenvalue weighted by molar-refractivity contribution is 5.96. The summed E-state index contributed by atoms with van der Waals surface area (Å²) < 4.78 is 0. The minimum atomic E-state index is -0.160. The molecule has 0 aromatic heterocycles. The molecule has 1 aromatic rings. The van der Waals surface area contributed by atoms with Gasteiger partial charge in [0.1, 0.15) is 5.75 Å². The van der Waals surface area contributed by atoms with Crippen molar-refractivity contribution in [2.45, 2.75) is 45.1 Å². The second-order valence-electron chi connectivity index (χ2n) is 5.30. The lowest BCUT2D eigenvalue weighted by molar-refractivity contribution is 0.0930. The van der Waals surface area contributed by atoms with E-state index in [9.17, 15) is 9.90 Å². The van der Waals surface area contributed by atoms with Gasteiger partial charge in [-0.25, -0.2) is 0 Å². The molecule has 1 aromatic carbocycles. The molecule has 1 amide bonds. The summed E-state index contributed by atoms with van der Waals surface area (Å²) in [5, 5.41) is 12.7. The third-order valence-corrected chi connectivity index (χ3v) is 3.74. The molecule has 0 radical (unpaired) electrons. The van der Waals surface area contributed by atoms with Crippen LogP contribution in [0.4, 0.5) is 0 Å². The van der Waals surface area contributed by atoms with Crippen LogP contribution in [0, 0.1) is 5.92 Å². The maximum atomic E-state index is 12.1. The van der Waals surface area contributed by atoms with Crippen molar-refractivity contribution < 1.29 is 9.90 Å². The first kappa shape index (κ1) is 12.9. The first-order valence-corrected chi connectivity index (χ1v) is 6.75. The fourth-order valence-electron chi connectivity index (χ4n) is 2.56. The Morgan fingerprint density at radius 1 is 1.22 bits per heavy atom. The number of hydrogen-bond donors (Lipinski definition) is 2. The number of aromatic hydroxyl groups is 1. The van der Waals surface area contributed by atoms with Crippen molar-refractivity contribution >= 4 is 5.91 Å². The molecular formula is C15H21NO2. The molecule has 0 saturated heterocycles. The van der Waals surface area contributed by atoms with Crippen LogP contribution in [0.25, 0.3) is 0 Å². The molecule has 3 heteroatoms. The summed E-state index contributed by atoms with van der Waals surface area (Å²) in [6.45, 7) is 2.27. The third-order valence-electron chi connectivity index (χ3n) is 3.74. The first-order chi connectivity index (χ1) is 8.66. The first-order valence-electron chi connectivity index (χ1n) is 6.75. The predicted molar refractivity (Wildman–Crippen MR) is 71.6 cm³/mol. The van der Waals surface area contributed by atoms with Crippen molar-refractivity contribution in [1.82, 2.24) is 5.32 Å². The van der Waals surface area contributed by atoms with Gasteiger partial charge in [-0.3, -0.25) is 4.79 Å². The normalized spacial score (nSPS) is 24.3. The summed E-state index contributed by atoms with van der Waals surface area (Å²) in [6.07, 6.45) is 5.69. The van der Waals surface area contributed by atoms with Crippen LogP contribution in [0.3, 0.4) is 0 Å². The van der Waals surface area contributed by atoms with Gasteiger partial charge in [0.2, 0.25) is 0 Å². The van der Waals surface area contributed by atoms with Crippen LogP contribution < -0.4 is 5.32 Å². The molecule has 1 aliphatic rings. The van der Waals surface area contributed by atoms with Crippen LogP contribution in [-0.4, -0.2) is 17.1 Å². The van der Waals surface area contributed by atoms with Gasteiger partial charge in [-0.2, -0.15) is 0 Å². The number of hydrogen-bond acceptors (Lipinski definition) is 2. The van der Waals surface area contributed by atoms with E-state index in [1.807, 2.05) is 0 Å². The average molecular weight is 247 g/mol. The number of rotatable bonds is 2. The molecule has 98 valence electrons. The Balaban J connectivity index is 1.97. The summed E-state index contributed by atoms with van der Waals surface area (Å²) in [5.74, 6) is 0.654. The third kappa shape index (κ3) is 3.25. The van der Waals surface area contributed by atoms with Gasteiger partial charge in [0, 0.05) is 6.04 Å². The Labute approximate surface area is 108 Å². The van der Waals surface area contributed by atoms with E-state index in [0.29, 0.717) is 5.56 Å². The Kier molecular flexibility index (Phi) is 4.24. The zero-order valence-electron chi connectivity index (χ0n) is 10.9. The smallest absolute Gasteiger partial charge is 0.255 e. The number of nitrogens with one attached hydrogen (secondary N) is 1. The Hall–Kier alpha value is -1.51. The summed E-state index contributed by atoms with van der Waals surface area (Å²) in [5.41, 5.74) is 0.370. The van der Waals surface area contributed by atoms with Gasteiger partial charge in [-0.05, 0) is 37.3 Å². The van der Waals surface area contributed by atoms with Gasteiger partial charge in [0.15, 0.2) is 0 Å². The van der Waals surface area contributed by atoms with Crippen molar-refractivity contribution in [3.63, 3.8) is 0 Å². The number of para-hydroxylation sites is 1. The van der Waals surface area contributed by atoms with Gasteiger partial charge in [-0.15, -0.1) is 0 Å². The van der Waals surface area contributed by atoms with Gasteiger partial charge in [-0.1, -0.05) is 31.9 Å². The second kappa shape index (κ2) is 5.89. The zero-order valence-corrected chi connectivity index (χ0v) is 10.9. The maximum Gasteiger partial charge on any atom is 0.255 e.